The Bertz CT molecular complexity index is 561. The zero-order valence-corrected chi connectivity index (χ0v) is 14.3. The molecule has 6 heteroatoms. The van der Waals surface area contributed by atoms with Crippen molar-refractivity contribution >= 4 is 23.5 Å². The maximum absolute atomic E-state index is 14.0. The number of hydrogen-bond acceptors (Lipinski definition) is 2. The molecule has 0 unspecified atom stereocenters. The van der Waals surface area contributed by atoms with Crippen LogP contribution in [-0.4, -0.2) is 23.5 Å². The van der Waals surface area contributed by atoms with Gasteiger partial charge in [0.2, 0.25) is 5.91 Å². The number of carbonyl (C=O) groups excluding carboxylic acids is 1. The second-order valence-electron chi connectivity index (χ2n) is 6.06. The van der Waals surface area contributed by atoms with E-state index in [1.807, 2.05) is 0 Å². The van der Waals surface area contributed by atoms with Crippen LogP contribution in [0.5, 0.6) is 0 Å². The molecule has 0 aromatic heterocycles. The molecule has 0 spiro atoms. The van der Waals surface area contributed by atoms with Crippen molar-refractivity contribution in [3.63, 3.8) is 0 Å². The number of amides is 1. The molecule has 23 heavy (non-hydrogen) atoms. The summed E-state index contributed by atoms with van der Waals surface area (Å²) in [6, 6.07) is 4.30. The van der Waals surface area contributed by atoms with Gasteiger partial charge in [0, 0.05) is 23.6 Å². The minimum atomic E-state index is -0.988. The first kappa shape index (κ1) is 19.4. The summed E-state index contributed by atoms with van der Waals surface area (Å²) >= 11 is 5.73. The van der Waals surface area contributed by atoms with Crippen LogP contribution in [0.15, 0.2) is 18.2 Å². The summed E-state index contributed by atoms with van der Waals surface area (Å²) in [4.78, 5) is 22.7. The minimum absolute atomic E-state index is 0.176. The monoisotopic (exact) mass is 343 g/mol. The third-order valence-electron chi connectivity index (χ3n) is 3.78. The second-order valence-corrected chi connectivity index (χ2v) is 6.50. The Labute approximate surface area is 141 Å². The molecule has 2 N–H and O–H groups in total. The van der Waals surface area contributed by atoms with Crippen LogP contribution in [0.25, 0.3) is 0 Å². The van der Waals surface area contributed by atoms with E-state index < -0.39 is 17.2 Å². The maximum atomic E-state index is 14.0. The van der Waals surface area contributed by atoms with E-state index in [1.165, 1.54) is 12.1 Å². The fourth-order valence-corrected chi connectivity index (χ4v) is 2.46. The van der Waals surface area contributed by atoms with Gasteiger partial charge in [-0.05, 0) is 38.8 Å². The molecule has 0 aliphatic rings. The standard InChI is InChI=1S/C17H23ClFNO3/c1-17(2,13-9-8-12(18)11-14(13)19)16(23)20-10-6-4-3-5-7-15(21)22/h8-9,11H,3-7,10H2,1-2H3,(H,20,23)(H,21,22). The SMILES string of the molecule is CC(C)(C(=O)NCCCCCCC(=O)O)c1ccc(Cl)cc1F. The number of unbranched alkanes of at least 4 members (excludes halogenated alkanes) is 3. The number of carboxylic acid groups (broad SMARTS) is 1. The van der Waals surface area contributed by atoms with Crippen LogP contribution < -0.4 is 5.32 Å². The van der Waals surface area contributed by atoms with E-state index in [0.29, 0.717) is 23.6 Å². The predicted molar refractivity (Wildman–Crippen MR) is 88.2 cm³/mol. The molecule has 0 heterocycles. The average molecular weight is 344 g/mol. The smallest absolute Gasteiger partial charge is 0.303 e. The van der Waals surface area contributed by atoms with Gasteiger partial charge < -0.3 is 10.4 Å². The lowest BCUT2D eigenvalue weighted by Gasteiger charge is -2.24. The second kappa shape index (κ2) is 8.87. The van der Waals surface area contributed by atoms with E-state index >= 15 is 0 Å². The van der Waals surface area contributed by atoms with Gasteiger partial charge >= 0.3 is 5.97 Å². The van der Waals surface area contributed by atoms with Crippen molar-refractivity contribution in [2.45, 2.75) is 51.4 Å². The molecule has 0 bridgehead atoms. The summed E-state index contributed by atoms with van der Waals surface area (Å²) in [6.07, 6.45) is 3.26. The van der Waals surface area contributed by atoms with Crippen LogP contribution in [0.1, 0.15) is 51.5 Å². The number of rotatable bonds is 9. The lowest BCUT2D eigenvalue weighted by Crippen LogP contribution is -2.41. The molecule has 0 saturated heterocycles. The molecule has 1 amide bonds. The summed E-state index contributed by atoms with van der Waals surface area (Å²) in [5.41, 5.74) is -0.682. The van der Waals surface area contributed by atoms with Crippen LogP contribution in [-0.2, 0) is 15.0 Å². The van der Waals surface area contributed by atoms with Crippen molar-refractivity contribution in [3.05, 3.63) is 34.6 Å². The van der Waals surface area contributed by atoms with Crippen LogP contribution in [0.4, 0.5) is 4.39 Å². The quantitative estimate of drug-likeness (QED) is 0.668. The van der Waals surface area contributed by atoms with E-state index in [2.05, 4.69) is 5.32 Å². The number of carbonyl (C=O) groups is 2. The first-order valence-electron chi connectivity index (χ1n) is 7.70. The van der Waals surface area contributed by atoms with Gasteiger partial charge in [-0.25, -0.2) is 4.39 Å². The van der Waals surface area contributed by atoms with Crippen LogP contribution in [0.3, 0.4) is 0 Å². The third-order valence-corrected chi connectivity index (χ3v) is 4.01. The Balaban J connectivity index is 2.42. The van der Waals surface area contributed by atoms with Crippen LogP contribution >= 0.6 is 11.6 Å². The molecule has 0 saturated carbocycles. The summed E-state index contributed by atoms with van der Waals surface area (Å²) in [6.45, 7) is 3.83. The molecular weight excluding hydrogens is 321 g/mol. The molecule has 0 aliphatic heterocycles. The fraction of sp³-hybridized carbons (Fsp3) is 0.529. The summed E-state index contributed by atoms with van der Waals surface area (Å²) < 4.78 is 14.0. The highest BCUT2D eigenvalue weighted by Gasteiger charge is 2.32. The van der Waals surface area contributed by atoms with Crippen molar-refractivity contribution in [1.82, 2.24) is 5.32 Å². The third kappa shape index (κ3) is 6.18. The summed E-state index contributed by atoms with van der Waals surface area (Å²) in [5, 5.41) is 11.6. The number of halogens is 2. The zero-order valence-electron chi connectivity index (χ0n) is 13.5. The number of nitrogens with one attached hydrogen (secondary N) is 1. The number of benzene rings is 1. The Hall–Kier alpha value is -1.62. The Morgan fingerprint density at radius 2 is 1.87 bits per heavy atom. The zero-order chi connectivity index (χ0) is 17.5. The lowest BCUT2D eigenvalue weighted by molar-refractivity contribution is -0.137. The Morgan fingerprint density at radius 1 is 1.22 bits per heavy atom. The van der Waals surface area contributed by atoms with Gasteiger partial charge in [-0.2, -0.15) is 0 Å². The van der Waals surface area contributed by atoms with Crippen molar-refractivity contribution in [1.29, 1.82) is 0 Å². The molecule has 0 fully saturated rings. The topological polar surface area (TPSA) is 66.4 Å². The van der Waals surface area contributed by atoms with Crippen molar-refractivity contribution in [2.24, 2.45) is 0 Å². The van der Waals surface area contributed by atoms with Crippen molar-refractivity contribution in [2.75, 3.05) is 6.54 Å². The largest absolute Gasteiger partial charge is 0.481 e. The normalized spacial score (nSPS) is 11.3. The molecular formula is C17H23ClFNO3. The Kier molecular flexibility index (Phi) is 7.49. The first-order valence-corrected chi connectivity index (χ1v) is 8.08. The number of carboxylic acids is 1. The lowest BCUT2D eigenvalue weighted by atomic mass is 9.83. The maximum Gasteiger partial charge on any atom is 0.303 e. The molecule has 0 aliphatic carbocycles. The minimum Gasteiger partial charge on any atom is -0.481 e. The highest BCUT2D eigenvalue weighted by molar-refractivity contribution is 6.30. The van der Waals surface area contributed by atoms with E-state index in [-0.39, 0.29) is 12.3 Å². The van der Waals surface area contributed by atoms with Crippen LogP contribution in [0, 0.1) is 5.82 Å². The number of hydrogen-bond donors (Lipinski definition) is 2. The molecule has 0 atom stereocenters. The highest BCUT2D eigenvalue weighted by Crippen LogP contribution is 2.28. The van der Waals surface area contributed by atoms with Gasteiger partial charge in [0.1, 0.15) is 5.82 Å². The molecule has 1 rings (SSSR count). The average Bonchev–Trinajstić information content (AvgIpc) is 2.45. The molecule has 128 valence electrons. The van der Waals surface area contributed by atoms with Gasteiger partial charge in [-0.1, -0.05) is 30.5 Å². The van der Waals surface area contributed by atoms with Gasteiger partial charge in [0.05, 0.1) is 5.41 Å². The molecule has 1 aromatic rings. The van der Waals surface area contributed by atoms with Crippen molar-refractivity contribution < 1.29 is 19.1 Å². The van der Waals surface area contributed by atoms with E-state index in [0.717, 1.165) is 19.3 Å². The summed E-state index contributed by atoms with van der Waals surface area (Å²) in [7, 11) is 0. The summed E-state index contributed by atoms with van der Waals surface area (Å²) in [5.74, 6) is -1.53. The molecule has 0 radical (unpaired) electrons. The molecule has 1 aromatic carbocycles. The van der Waals surface area contributed by atoms with Crippen LogP contribution in [0.2, 0.25) is 5.02 Å². The first-order chi connectivity index (χ1) is 10.7. The van der Waals surface area contributed by atoms with E-state index in [4.69, 9.17) is 16.7 Å². The van der Waals surface area contributed by atoms with Crippen molar-refractivity contribution in [3.8, 4) is 0 Å². The van der Waals surface area contributed by atoms with Gasteiger partial charge in [-0.15, -0.1) is 0 Å². The van der Waals surface area contributed by atoms with E-state index in [1.54, 1.807) is 19.9 Å². The molecule has 4 nitrogen and oxygen atoms in total. The van der Waals surface area contributed by atoms with Gasteiger partial charge in [-0.3, -0.25) is 9.59 Å². The predicted octanol–water partition coefficient (Wildman–Crippen LogP) is 3.91. The fourth-order valence-electron chi connectivity index (χ4n) is 2.30. The van der Waals surface area contributed by atoms with Gasteiger partial charge in [0.15, 0.2) is 0 Å². The Morgan fingerprint density at radius 3 is 2.48 bits per heavy atom. The van der Waals surface area contributed by atoms with E-state index in [9.17, 15) is 14.0 Å². The number of aliphatic carboxylic acids is 1. The highest BCUT2D eigenvalue weighted by atomic mass is 35.5. The van der Waals surface area contributed by atoms with Gasteiger partial charge in [0.25, 0.3) is 0 Å².